The van der Waals surface area contributed by atoms with Crippen molar-refractivity contribution in [3.63, 3.8) is 0 Å². The number of hydrogen-bond donors (Lipinski definition) is 1. The number of rotatable bonds is 7. The first-order chi connectivity index (χ1) is 9.15. The highest BCUT2D eigenvalue weighted by atomic mass is 35.5. The number of amides is 1. The molecule has 6 heteroatoms. The summed E-state index contributed by atoms with van der Waals surface area (Å²) in [6, 6.07) is 3.29. The van der Waals surface area contributed by atoms with Gasteiger partial charge in [0.2, 0.25) is 0 Å². The fourth-order valence-corrected chi connectivity index (χ4v) is 1.73. The molecule has 1 aromatic heterocycles. The van der Waals surface area contributed by atoms with Gasteiger partial charge < -0.3 is 10.1 Å². The highest BCUT2D eigenvalue weighted by molar-refractivity contribution is 6.32. The summed E-state index contributed by atoms with van der Waals surface area (Å²) in [7, 11) is 1.38. The molecule has 5 nitrogen and oxygen atoms in total. The number of hydrogen-bond acceptors (Lipinski definition) is 4. The van der Waals surface area contributed by atoms with Crippen molar-refractivity contribution in [2.75, 3.05) is 13.7 Å². The van der Waals surface area contributed by atoms with E-state index in [0.29, 0.717) is 18.5 Å². The summed E-state index contributed by atoms with van der Waals surface area (Å²) in [5.74, 6) is -0.433. The summed E-state index contributed by atoms with van der Waals surface area (Å²) in [5, 5.41) is 2.96. The van der Waals surface area contributed by atoms with Crippen LogP contribution in [-0.4, -0.2) is 30.5 Å². The summed E-state index contributed by atoms with van der Waals surface area (Å²) in [6.07, 6.45) is 4.37. The normalized spacial score (nSPS) is 10.0. The molecule has 0 bridgehead atoms. The molecule has 1 heterocycles. The van der Waals surface area contributed by atoms with E-state index in [1.54, 1.807) is 12.1 Å². The first kappa shape index (κ1) is 15.4. The number of aromatic nitrogens is 1. The van der Waals surface area contributed by atoms with Crippen LogP contribution >= 0.6 is 11.6 Å². The third-order valence-electron chi connectivity index (χ3n) is 2.57. The number of methoxy groups -OCH3 is 1. The molecule has 1 rings (SSSR count). The molecule has 0 spiro atoms. The predicted molar refractivity (Wildman–Crippen MR) is 72.1 cm³/mol. The number of carbonyl (C=O) groups is 2. The molecular formula is C13H17ClN2O3. The number of carbonyl (C=O) groups excluding carboxylic acids is 2. The second kappa shape index (κ2) is 8.48. The molecular weight excluding hydrogens is 268 g/mol. The SMILES string of the molecule is COC(=O)CCCCCNC(=O)c1cccnc1Cl. The lowest BCUT2D eigenvalue weighted by Gasteiger charge is -2.05. The summed E-state index contributed by atoms with van der Waals surface area (Å²) < 4.78 is 4.54. The zero-order valence-electron chi connectivity index (χ0n) is 10.8. The lowest BCUT2D eigenvalue weighted by molar-refractivity contribution is -0.140. The van der Waals surface area contributed by atoms with Crippen molar-refractivity contribution in [3.8, 4) is 0 Å². The van der Waals surface area contributed by atoms with Crippen molar-refractivity contribution in [2.24, 2.45) is 0 Å². The molecule has 0 aromatic carbocycles. The zero-order valence-corrected chi connectivity index (χ0v) is 11.6. The Hall–Kier alpha value is -1.62. The van der Waals surface area contributed by atoms with Crippen molar-refractivity contribution in [1.29, 1.82) is 0 Å². The summed E-state index contributed by atoms with van der Waals surface area (Å²) in [4.78, 5) is 26.4. The van der Waals surface area contributed by atoms with E-state index in [9.17, 15) is 9.59 Å². The van der Waals surface area contributed by atoms with Gasteiger partial charge in [0.05, 0.1) is 12.7 Å². The summed E-state index contributed by atoms with van der Waals surface area (Å²) in [6.45, 7) is 0.547. The van der Waals surface area contributed by atoms with Crippen molar-refractivity contribution in [3.05, 3.63) is 29.0 Å². The Bertz CT molecular complexity index is 438. The maximum Gasteiger partial charge on any atom is 0.305 e. The Kier molecular flexibility index (Phi) is 6.89. The molecule has 0 fully saturated rings. The minimum Gasteiger partial charge on any atom is -0.469 e. The number of unbranched alkanes of at least 4 members (excludes halogenated alkanes) is 2. The van der Waals surface area contributed by atoms with Gasteiger partial charge in [0.1, 0.15) is 5.15 Å². The lowest BCUT2D eigenvalue weighted by atomic mass is 10.2. The highest BCUT2D eigenvalue weighted by Crippen LogP contribution is 2.11. The van der Waals surface area contributed by atoms with E-state index in [-0.39, 0.29) is 17.0 Å². The van der Waals surface area contributed by atoms with Gasteiger partial charge in [0.25, 0.3) is 5.91 Å². The van der Waals surface area contributed by atoms with Crippen molar-refractivity contribution in [1.82, 2.24) is 10.3 Å². The van der Waals surface area contributed by atoms with Crippen molar-refractivity contribution < 1.29 is 14.3 Å². The highest BCUT2D eigenvalue weighted by Gasteiger charge is 2.09. The third kappa shape index (κ3) is 5.70. The van der Waals surface area contributed by atoms with Gasteiger partial charge in [-0.05, 0) is 25.0 Å². The van der Waals surface area contributed by atoms with Crippen LogP contribution in [0.1, 0.15) is 36.0 Å². The molecule has 19 heavy (non-hydrogen) atoms. The average Bonchev–Trinajstić information content (AvgIpc) is 2.42. The van der Waals surface area contributed by atoms with E-state index in [1.165, 1.54) is 13.3 Å². The van der Waals surface area contributed by atoms with Crippen LogP contribution in [0.5, 0.6) is 0 Å². The lowest BCUT2D eigenvalue weighted by Crippen LogP contribution is -2.24. The Morgan fingerprint density at radius 2 is 2.16 bits per heavy atom. The largest absolute Gasteiger partial charge is 0.469 e. The molecule has 1 aromatic rings. The van der Waals surface area contributed by atoms with Gasteiger partial charge in [-0.2, -0.15) is 0 Å². The van der Waals surface area contributed by atoms with Crippen LogP contribution in [-0.2, 0) is 9.53 Å². The van der Waals surface area contributed by atoms with Gasteiger partial charge in [-0.1, -0.05) is 18.0 Å². The van der Waals surface area contributed by atoms with Crippen LogP contribution in [0.2, 0.25) is 5.15 Å². The standard InChI is InChI=1S/C13H17ClN2O3/c1-19-11(17)7-3-2-4-8-16-13(18)10-6-5-9-15-12(10)14/h5-6,9H,2-4,7-8H2,1H3,(H,16,18). The fourth-order valence-electron chi connectivity index (χ4n) is 1.53. The van der Waals surface area contributed by atoms with E-state index in [2.05, 4.69) is 15.0 Å². The topological polar surface area (TPSA) is 68.3 Å². The van der Waals surface area contributed by atoms with Crippen molar-refractivity contribution >= 4 is 23.5 Å². The van der Waals surface area contributed by atoms with Gasteiger partial charge in [-0.25, -0.2) is 4.98 Å². The third-order valence-corrected chi connectivity index (χ3v) is 2.88. The summed E-state index contributed by atoms with van der Waals surface area (Å²) >= 11 is 5.81. The first-order valence-corrected chi connectivity index (χ1v) is 6.48. The van der Waals surface area contributed by atoms with Crippen LogP contribution in [0.15, 0.2) is 18.3 Å². The van der Waals surface area contributed by atoms with E-state index >= 15 is 0 Å². The Labute approximate surface area is 117 Å². The van der Waals surface area contributed by atoms with Crippen LogP contribution in [0.3, 0.4) is 0 Å². The number of nitrogens with one attached hydrogen (secondary N) is 1. The zero-order chi connectivity index (χ0) is 14.1. The average molecular weight is 285 g/mol. The molecule has 0 saturated carbocycles. The fraction of sp³-hybridized carbons (Fsp3) is 0.462. The number of ether oxygens (including phenoxy) is 1. The predicted octanol–water partition coefficient (Wildman–Crippen LogP) is 2.20. The van der Waals surface area contributed by atoms with Gasteiger partial charge in [-0.15, -0.1) is 0 Å². The smallest absolute Gasteiger partial charge is 0.305 e. The molecule has 0 unspecified atom stereocenters. The van der Waals surface area contributed by atoms with Gasteiger partial charge >= 0.3 is 5.97 Å². The minimum atomic E-state index is -0.230. The number of nitrogens with zero attached hydrogens (tertiary/aromatic N) is 1. The second-order valence-electron chi connectivity index (χ2n) is 3.98. The van der Waals surface area contributed by atoms with Crippen molar-refractivity contribution in [2.45, 2.75) is 25.7 Å². The quantitative estimate of drug-likeness (QED) is 0.473. The summed E-state index contributed by atoms with van der Waals surface area (Å²) in [5.41, 5.74) is 0.374. The molecule has 0 saturated heterocycles. The van der Waals surface area contributed by atoms with Crippen LogP contribution < -0.4 is 5.32 Å². The molecule has 0 aliphatic heterocycles. The first-order valence-electron chi connectivity index (χ1n) is 6.10. The molecule has 0 radical (unpaired) electrons. The molecule has 104 valence electrons. The van der Waals surface area contributed by atoms with Crippen LogP contribution in [0.25, 0.3) is 0 Å². The monoisotopic (exact) mass is 284 g/mol. The molecule has 1 N–H and O–H groups in total. The Balaban J connectivity index is 2.18. The van der Waals surface area contributed by atoms with E-state index in [0.717, 1.165) is 19.3 Å². The number of halogens is 1. The Morgan fingerprint density at radius 3 is 2.84 bits per heavy atom. The minimum absolute atomic E-state index is 0.200. The number of esters is 1. The second-order valence-corrected chi connectivity index (χ2v) is 4.34. The van der Waals surface area contributed by atoms with Gasteiger partial charge in [0, 0.05) is 19.2 Å². The molecule has 0 aliphatic carbocycles. The van der Waals surface area contributed by atoms with E-state index < -0.39 is 0 Å². The molecule has 0 aliphatic rings. The molecule has 1 amide bonds. The maximum absolute atomic E-state index is 11.7. The van der Waals surface area contributed by atoms with E-state index in [4.69, 9.17) is 11.6 Å². The molecule has 0 atom stereocenters. The van der Waals surface area contributed by atoms with Gasteiger partial charge in [-0.3, -0.25) is 9.59 Å². The van der Waals surface area contributed by atoms with Gasteiger partial charge in [0.15, 0.2) is 0 Å². The maximum atomic E-state index is 11.7. The van der Waals surface area contributed by atoms with Crippen LogP contribution in [0, 0.1) is 0 Å². The van der Waals surface area contributed by atoms with Crippen LogP contribution in [0.4, 0.5) is 0 Å². The Morgan fingerprint density at radius 1 is 1.37 bits per heavy atom. The number of pyridine rings is 1. The van der Waals surface area contributed by atoms with E-state index in [1.807, 2.05) is 0 Å².